The van der Waals surface area contributed by atoms with E-state index >= 15 is 0 Å². The van der Waals surface area contributed by atoms with Gasteiger partial charge in [0.25, 0.3) is 0 Å². The second-order valence-corrected chi connectivity index (χ2v) is 3.26. The van der Waals surface area contributed by atoms with Crippen molar-refractivity contribution < 1.29 is 0 Å². The molecule has 0 spiro atoms. The van der Waals surface area contributed by atoms with Gasteiger partial charge in [-0.25, -0.2) is 10.5 Å². The minimum Gasteiger partial charge on any atom is -0.210 e. The highest BCUT2D eigenvalue weighted by molar-refractivity contribution is 6.88. The van der Waals surface area contributed by atoms with Gasteiger partial charge >= 0.3 is 6.71 Å². The van der Waals surface area contributed by atoms with Gasteiger partial charge in [-0.3, -0.25) is 0 Å². The first-order valence-corrected chi connectivity index (χ1v) is 4.63. The van der Waals surface area contributed by atoms with Crippen LogP contribution in [0.25, 0.3) is 10.8 Å². The lowest BCUT2D eigenvalue weighted by atomic mass is 9.47. The molecule has 0 radical (unpaired) electrons. The summed E-state index contributed by atoms with van der Waals surface area (Å²) in [5.74, 6) is 4.00. The monoisotopic (exact) mass is 190 g/mol. The number of rotatable bonds is 1. The number of nitriles is 2. The van der Waals surface area contributed by atoms with Gasteiger partial charge in [0.1, 0.15) is 0 Å². The second-order valence-electron chi connectivity index (χ2n) is 3.26. The van der Waals surface area contributed by atoms with Crippen LogP contribution in [-0.4, -0.2) is 6.71 Å². The number of fused-ring (bicyclic) bond motifs is 1. The maximum atomic E-state index is 8.87. The Labute approximate surface area is 88.5 Å². The predicted octanol–water partition coefficient (Wildman–Crippen LogP) is 1.67. The van der Waals surface area contributed by atoms with E-state index in [4.69, 9.17) is 10.5 Å². The van der Waals surface area contributed by atoms with Crippen LogP contribution in [0.1, 0.15) is 0 Å². The first kappa shape index (κ1) is 9.31. The summed E-state index contributed by atoms with van der Waals surface area (Å²) < 4.78 is 0. The standard InChI is InChI=1S/C12H7BN2/c14-8-13(9-15)12-7-3-5-10-4-1-2-6-11(10)12/h1-7H. The largest absolute Gasteiger partial charge is 0.418 e. The molecular weight excluding hydrogens is 183 g/mol. The smallest absolute Gasteiger partial charge is 0.210 e. The fourth-order valence-electron chi connectivity index (χ4n) is 1.67. The summed E-state index contributed by atoms with van der Waals surface area (Å²) in [4.78, 5) is 0. The van der Waals surface area contributed by atoms with Gasteiger partial charge in [-0.2, -0.15) is 0 Å². The van der Waals surface area contributed by atoms with Gasteiger partial charge < -0.3 is 0 Å². The summed E-state index contributed by atoms with van der Waals surface area (Å²) in [5, 5.41) is 19.8. The van der Waals surface area contributed by atoms with E-state index in [1.165, 1.54) is 0 Å². The molecule has 0 N–H and O–H groups in total. The Balaban J connectivity index is 2.73. The molecule has 0 saturated carbocycles. The van der Waals surface area contributed by atoms with Gasteiger partial charge in [0.2, 0.25) is 0 Å². The fraction of sp³-hybridized carbons (Fsp3) is 0. The van der Waals surface area contributed by atoms with Gasteiger partial charge in [0.05, 0.1) is 0 Å². The van der Waals surface area contributed by atoms with Crippen LogP contribution in [0.3, 0.4) is 0 Å². The van der Waals surface area contributed by atoms with Gasteiger partial charge in [-0.05, 0) is 16.2 Å². The summed E-state index contributed by atoms with van der Waals surface area (Å²) in [6, 6.07) is 13.5. The topological polar surface area (TPSA) is 47.6 Å². The number of benzene rings is 2. The van der Waals surface area contributed by atoms with E-state index in [2.05, 4.69) is 0 Å². The molecule has 2 nitrogen and oxygen atoms in total. The van der Waals surface area contributed by atoms with E-state index in [1.54, 1.807) is 0 Å². The maximum Gasteiger partial charge on any atom is 0.418 e. The van der Waals surface area contributed by atoms with Crippen molar-refractivity contribution in [2.45, 2.75) is 0 Å². The summed E-state index contributed by atoms with van der Waals surface area (Å²) in [7, 11) is 0. The lowest BCUT2D eigenvalue weighted by Crippen LogP contribution is -2.27. The first-order valence-electron chi connectivity index (χ1n) is 4.63. The summed E-state index contributed by atoms with van der Waals surface area (Å²) in [6.07, 6.45) is 0. The molecule has 15 heavy (non-hydrogen) atoms. The molecule has 0 saturated heterocycles. The normalized spacial score (nSPS) is 9.20. The average Bonchev–Trinajstić information content (AvgIpc) is 2.31. The molecule has 2 rings (SSSR count). The van der Waals surface area contributed by atoms with Gasteiger partial charge in [-0.1, -0.05) is 42.5 Å². The van der Waals surface area contributed by atoms with Gasteiger partial charge in [0, 0.05) is 11.9 Å². The molecule has 68 valence electrons. The van der Waals surface area contributed by atoms with E-state index in [0.29, 0.717) is 0 Å². The van der Waals surface area contributed by atoms with E-state index in [1.807, 2.05) is 54.4 Å². The summed E-state index contributed by atoms with van der Waals surface area (Å²) in [5.41, 5.74) is 0.790. The van der Waals surface area contributed by atoms with Crippen LogP contribution in [0.2, 0.25) is 0 Å². The van der Waals surface area contributed by atoms with Crippen molar-refractivity contribution >= 4 is 22.9 Å². The molecule has 2 aromatic rings. The van der Waals surface area contributed by atoms with E-state index < -0.39 is 6.71 Å². The number of nitrogens with zero attached hydrogens (tertiary/aromatic N) is 2. The van der Waals surface area contributed by atoms with Gasteiger partial charge in [0.15, 0.2) is 0 Å². The Kier molecular flexibility index (Phi) is 2.39. The molecule has 0 aliphatic heterocycles. The van der Waals surface area contributed by atoms with Crippen molar-refractivity contribution in [1.29, 1.82) is 10.5 Å². The third kappa shape index (κ3) is 1.56. The highest BCUT2D eigenvalue weighted by atomic mass is 14.2. The van der Waals surface area contributed by atoms with Crippen LogP contribution in [0.4, 0.5) is 0 Å². The lowest BCUT2D eigenvalue weighted by molar-refractivity contribution is 1.54. The molecular formula is C12H7BN2. The zero-order chi connectivity index (χ0) is 10.7. The molecule has 0 aliphatic carbocycles. The Hall–Kier alpha value is -2.26. The third-order valence-corrected chi connectivity index (χ3v) is 2.39. The van der Waals surface area contributed by atoms with Crippen LogP contribution in [-0.2, 0) is 0 Å². The molecule has 0 unspecified atom stereocenters. The van der Waals surface area contributed by atoms with E-state index in [9.17, 15) is 0 Å². The maximum absolute atomic E-state index is 8.87. The molecule has 2 aromatic carbocycles. The lowest BCUT2D eigenvalue weighted by Gasteiger charge is -2.03. The van der Waals surface area contributed by atoms with Crippen molar-refractivity contribution in [2.75, 3.05) is 0 Å². The van der Waals surface area contributed by atoms with Crippen LogP contribution in [0.15, 0.2) is 42.5 Å². The molecule has 0 aromatic heterocycles. The predicted molar refractivity (Wildman–Crippen MR) is 60.6 cm³/mol. The SMILES string of the molecule is N#CB(C#N)c1cccc2ccccc12. The molecule has 0 fully saturated rings. The molecule has 0 atom stereocenters. The Bertz CT molecular complexity index is 559. The van der Waals surface area contributed by atoms with Crippen molar-refractivity contribution in [3.05, 3.63) is 42.5 Å². The minimum absolute atomic E-state index is 0.684. The Morgan fingerprint density at radius 1 is 0.867 bits per heavy atom. The average molecular weight is 190 g/mol. The van der Waals surface area contributed by atoms with E-state index in [-0.39, 0.29) is 0 Å². The Morgan fingerprint density at radius 3 is 2.27 bits per heavy atom. The van der Waals surface area contributed by atoms with Crippen LogP contribution >= 0.6 is 0 Å². The summed E-state index contributed by atoms with van der Waals surface area (Å²) in [6.45, 7) is -0.684. The minimum atomic E-state index is -0.684. The molecule has 0 heterocycles. The quantitative estimate of drug-likeness (QED) is 0.642. The second kappa shape index (κ2) is 3.86. The zero-order valence-corrected chi connectivity index (χ0v) is 8.01. The highest BCUT2D eigenvalue weighted by Crippen LogP contribution is 2.11. The van der Waals surface area contributed by atoms with Crippen molar-refractivity contribution in [3.63, 3.8) is 0 Å². The van der Waals surface area contributed by atoms with Crippen molar-refractivity contribution in [1.82, 2.24) is 0 Å². The van der Waals surface area contributed by atoms with Crippen LogP contribution in [0.5, 0.6) is 0 Å². The van der Waals surface area contributed by atoms with Crippen molar-refractivity contribution in [2.24, 2.45) is 0 Å². The number of hydrogen-bond donors (Lipinski definition) is 0. The molecule has 0 bridgehead atoms. The van der Waals surface area contributed by atoms with Crippen LogP contribution in [0, 0.1) is 22.5 Å². The van der Waals surface area contributed by atoms with Gasteiger partial charge in [-0.15, -0.1) is 0 Å². The molecule has 0 aliphatic rings. The van der Waals surface area contributed by atoms with E-state index in [0.717, 1.165) is 16.2 Å². The van der Waals surface area contributed by atoms with Crippen molar-refractivity contribution in [3.8, 4) is 11.9 Å². The first-order chi connectivity index (χ1) is 7.36. The highest BCUT2D eigenvalue weighted by Gasteiger charge is 2.18. The number of hydrogen-bond acceptors (Lipinski definition) is 2. The fourth-order valence-corrected chi connectivity index (χ4v) is 1.67. The molecule has 3 heteroatoms. The zero-order valence-electron chi connectivity index (χ0n) is 8.01. The summed E-state index contributed by atoms with van der Waals surface area (Å²) >= 11 is 0. The van der Waals surface area contributed by atoms with Crippen LogP contribution < -0.4 is 5.46 Å². The molecule has 0 amide bonds. The third-order valence-electron chi connectivity index (χ3n) is 2.39. The Morgan fingerprint density at radius 2 is 1.53 bits per heavy atom.